The average molecular weight is 350 g/mol. The van der Waals surface area contributed by atoms with Crippen LogP contribution in [0.4, 0.5) is 0 Å². The fourth-order valence-electron chi connectivity index (χ4n) is 3.15. The molecule has 0 bridgehead atoms. The number of hydrogen-bond donors (Lipinski definition) is 1. The summed E-state index contributed by atoms with van der Waals surface area (Å²) in [5.41, 5.74) is 2.82. The Hall–Kier alpha value is -1.93. The normalized spacial score (nSPS) is 16.7. The van der Waals surface area contributed by atoms with Crippen LogP contribution in [0, 0.1) is 6.92 Å². The summed E-state index contributed by atoms with van der Waals surface area (Å²) in [5.74, 6) is 0.0520. The molecule has 1 fully saturated rings. The molecule has 0 radical (unpaired) electrons. The molecule has 0 unspecified atom stereocenters. The van der Waals surface area contributed by atoms with Crippen LogP contribution in [0.3, 0.4) is 0 Å². The summed E-state index contributed by atoms with van der Waals surface area (Å²) in [6.07, 6.45) is 6.42. The van der Waals surface area contributed by atoms with E-state index in [0.29, 0.717) is 32.4 Å². The lowest BCUT2D eigenvalue weighted by Crippen LogP contribution is -2.46. The molecule has 8 heteroatoms. The third-order valence-corrected chi connectivity index (χ3v) is 5.13. The van der Waals surface area contributed by atoms with Crippen molar-refractivity contribution in [3.8, 4) is 0 Å². The van der Waals surface area contributed by atoms with Crippen LogP contribution in [-0.2, 0) is 21.2 Å². The molecule has 1 amide bonds. The first kappa shape index (κ1) is 16.9. The molecule has 3 rings (SSSR count). The first-order chi connectivity index (χ1) is 11.3. The number of piperidine rings is 1. The third kappa shape index (κ3) is 3.76. The van der Waals surface area contributed by atoms with Gasteiger partial charge in [0.1, 0.15) is 5.65 Å². The van der Waals surface area contributed by atoms with Crippen LogP contribution < -0.4 is 4.72 Å². The van der Waals surface area contributed by atoms with Gasteiger partial charge in [-0.15, -0.1) is 0 Å². The number of hydrogen-bond acceptors (Lipinski definition) is 4. The van der Waals surface area contributed by atoms with Gasteiger partial charge in [-0.3, -0.25) is 4.79 Å². The Balaban J connectivity index is 1.63. The number of aromatic nitrogens is 2. The zero-order chi connectivity index (χ0) is 17.3. The van der Waals surface area contributed by atoms with Crippen molar-refractivity contribution in [1.82, 2.24) is 19.0 Å². The molecular formula is C16H22N4O3S. The Morgan fingerprint density at radius 2 is 2.08 bits per heavy atom. The number of aryl methyl sites for hydroxylation is 1. The molecule has 0 aliphatic carbocycles. The predicted molar refractivity (Wildman–Crippen MR) is 91.2 cm³/mol. The fourth-order valence-corrected chi connectivity index (χ4v) is 3.99. The zero-order valence-corrected chi connectivity index (χ0v) is 14.7. The van der Waals surface area contributed by atoms with Gasteiger partial charge >= 0.3 is 0 Å². The molecule has 0 saturated carbocycles. The summed E-state index contributed by atoms with van der Waals surface area (Å²) in [5, 5.41) is 0. The van der Waals surface area contributed by atoms with E-state index in [1.54, 1.807) is 11.1 Å². The second-order valence-electron chi connectivity index (χ2n) is 6.36. The summed E-state index contributed by atoms with van der Waals surface area (Å²) in [4.78, 5) is 18.7. The fraction of sp³-hybridized carbons (Fsp3) is 0.500. The van der Waals surface area contributed by atoms with Crippen molar-refractivity contribution in [1.29, 1.82) is 0 Å². The van der Waals surface area contributed by atoms with Gasteiger partial charge in [0.2, 0.25) is 15.9 Å². The van der Waals surface area contributed by atoms with Crippen LogP contribution in [-0.4, -0.2) is 54.0 Å². The molecule has 24 heavy (non-hydrogen) atoms. The number of carbonyl (C=O) groups is 1. The maximum atomic E-state index is 12.5. The van der Waals surface area contributed by atoms with E-state index in [-0.39, 0.29) is 11.9 Å². The quantitative estimate of drug-likeness (QED) is 0.881. The van der Waals surface area contributed by atoms with E-state index in [1.165, 1.54) is 0 Å². The number of sulfonamides is 1. The SMILES string of the molecule is Cc1cccn2c(CC(=O)N3CCC(NS(C)(=O)=O)CC3)cnc12. The van der Waals surface area contributed by atoms with E-state index < -0.39 is 10.0 Å². The largest absolute Gasteiger partial charge is 0.342 e. The summed E-state index contributed by atoms with van der Waals surface area (Å²) < 4.78 is 27.1. The lowest BCUT2D eigenvalue weighted by Gasteiger charge is -2.32. The average Bonchev–Trinajstić information content (AvgIpc) is 2.91. The summed E-state index contributed by atoms with van der Waals surface area (Å²) in [6.45, 7) is 3.14. The lowest BCUT2D eigenvalue weighted by molar-refractivity contribution is -0.131. The molecule has 0 aromatic carbocycles. The number of pyridine rings is 1. The van der Waals surface area contributed by atoms with Gasteiger partial charge in [-0.25, -0.2) is 18.1 Å². The zero-order valence-electron chi connectivity index (χ0n) is 13.9. The van der Waals surface area contributed by atoms with Crippen molar-refractivity contribution >= 4 is 21.6 Å². The minimum absolute atomic E-state index is 0.0520. The number of nitrogens with one attached hydrogen (secondary N) is 1. The number of fused-ring (bicyclic) bond motifs is 1. The maximum Gasteiger partial charge on any atom is 0.228 e. The van der Waals surface area contributed by atoms with Crippen LogP contribution in [0.15, 0.2) is 24.5 Å². The molecule has 1 aliphatic heterocycles. The monoisotopic (exact) mass is 350 g/mol. The number of likely N-dealkylation sites (tertiary alicyclic amines) is 1. The predicted octanol–water partition coefficient (Wildman–Crippen LogP) is 0.725. The summed E-state index contributed by atoms with van der Waals surface area (Å²) in [7, 11) is -3.20. The number of amides is 1. The van der Waals surface area contributed by atoms with E-state index in [9.17, 15) is 13.2 Å². The van der Waals surface area contributed by atoms with E-state index in [4.69, 9.17) is 0 Å². The van der Waals surface area contributed by atoms with E-state index in [0.717, 1.165) is 23.2 Å². The minimum atomic E-state index is -3.20. The molecule has 0 atom stereocenters. The third-order valence-electron chi connectivity index (χ3n) is 4.37. The Morgan fingerprint density at radius 1 is 1.38 bits per heavy atom. The molecule has 2 aromatic heterocycles. The highest BCUT2D eigenvalue weighted by molar-refractivity contribution is 7.88. The first-order valence-electron chi connectivity index (χ1n) is 8.00. The van der Waals surface area contributed by atoms with Crippen molar-refractivity contribution in [2.75, 3.05) is 19.3 Å². The van der Waals surface area contributed by atoms with E-state index >= 15 is 0 Å². The van der Waals surface area contributed by atoms with Gasteiger partial charge in [0.25, 0.3) is 0 Å². The van der Waals surface area contributed by atoms with Gasteiger partial charge in [0, 0.05) is 31.5 Å². The van der Waals surface area contributed by atoms with Crippen LogP contribution >= 0.6 is 0 Å². The summed E-state index contributed by atoms with van der Waals surface area (Å²) >= 11 is 0. The van der Waals surface area contributed by atoms with Crippen LogP contribution in [0.2, 0.25) is 0 Å². The first-order valence-corrected chi connectivity index (χ1v) is 9.89. The Bertz CT molecular complexity index is 851. The van der Waals surface area contributed by atoms with Crippen LogP contribution in [0.1, 0.15) is 24.1 Å². The molecule has 1 aliphatic rings. The molecule has 7 nitrogen and oxygen atoms in total. The molecule has 1 N–H and O–H groups in total. The smallest absolute Gasteiger partial charge is 0.228 e. The lowest BCUT2D eigenvalue weighted by atomic mass is 10.1. The van der Waals surface area contributed by atoms with Crippen molar-refractivity contribution in [3.63, 3.8) is 0 Å². The Morgan fingerprint density at radius 3 is 2.75 bits per heavy atom. The highest BCUT2D eigenvalue weighted by Gasteiger charge is 2.25. The molecule has 1 saturated heterocycles. The minimum Gasteiger partial charge on any atom is -0.342 e. The van der Waals surface area contributed by atoms with Gasteiger partial charge in [-0.05, 0) is 31.4 Å². The van der Waals surface area contributed by atoms with Crippen LogP contribution in [0.25, 0.3) is 5.65 Å². The molecule has 0 spiro atoms. The van der Waals surface area contributed by atoms with Crippen molar-refractivity contribution < 1.29 is 13.2 Å². The van der Waals surface area contributed by atoms with Crippen LogP contribution in [0.5, 0.6) is 0 Å². The second kappa shape index (κ2) is 6.52. The topological polar surface area (TPSA) is 83.8 Å². The standard InChI is InChI=1S/C16H22N4O3S/c1-12-4-3-7-20-14(11-17-16(12)20)10-15(21)19-8-5-13(6-9-19)18-24(2,22)23/h3-4,7,11,13,18H,5-6,8-10H2,1-2H3. The van der Waals surface area contributed by atoms with Crippen molar-refractivity contribution in [3.05, 3.63) is 35.8 Å². The van der Waals surface area contributed by atoms with Gasteiger partial charge in [0.05, 0.1) is 18.4 Å². The Kier molecular flexibility index (Phi) is 4.60. The molecule has 2 aromatic rings. The number of nitrogens with zero attached hydrogens (tertiary/aromatic N) is 3. The highest BCUT2D eigenvalue weighted by Crippen LogP contribution is 2.15. The van der Waals surface area contributed by atoms with E-state index in [1.807, 2.05) is 29.7 Å². The molecule has 3 heterocycles. The number of imidazole rings is 1. The second-order valence-corrected chi connectivity index (χ2v) is 8.14. The van der Waals surface area contributed by atoms with Gasteiger partial charge in [-0.1, -0.05) is 6.07 Å². The summed E-state index contributed by atoms with van der Waals surface area (Å²) in [6, 6.07) is 3.86. The molecule has 130 valence electrons. The van der Waals surface area contributed by atoms with Gasteiger partial charge < -0.3 is 9.30 Å². The molecular weight excluding hydrogens is 328 g/mol. The Labute approximate surface area is 141 Å². The number of carbonyl (C=O) groups excluding carboxylic acids is 1. The van der Waals surface area contributed by atoms with E-state index in [2.05, 4.69) is 9.71 Å². The van der Waals surface area contributed by atoms with Gasteiger partial charge in [-0.2, -0.15) is 0 Å². The maximum absolute atomic E-state index is 12.5. The van der Waals surface area contributed by atoms with Crippen molar-refractivity contribution in [2.24, 2.45) is 0 Å². The van der Waals surface area contributed by atoms with Crippen molar-refractivity contribution in [2.45, 2.75) is 32.2 Å². The van der Waals surface area contributed by atoms with Gasteiger partial charge in [0.15, 0.2) is 0 Å². The highest BCUT2D eigenvalue weighted by atomic mass is 32.2. The number of rotatable bonds is 4.